The van der Waals surface area contributed by atoms with Crippen LogP contribution in [-0.4, -0.2) is 13.5 Å². The van der Waals surface area contributed by atoms with E-state index < -0.39 is 9.84 Å². The summed E-state index contributed by atoms with van der Waals surface area (Å²) in [6, 6.07) is 16.9. The smallest absolute Gasteiger partial charge is 0.210 e. The van der Waals surface area contributed by atoms with Gasteiger partial charge in [-0.3, -0.25) is 0 Å². The molecule has 0 amide bonds. The van der Waals surface area contributed by atoms with E-state index in [-0.39, 0.29) is 15.5 Å². The van der Waals surface area contributed by atoms with Gasteiger partial charge in [-0.25, -0.2) is 8.42 Å². The number of phenolic OH excluding ortho intramolecular Hbond substituents is 1. The molecule has 0 fully saturated rings. The average Bonchev–Trinajstić information content (AvgIpc) is 2.48. The van der Waals surface area contributed by atoms with Crippen LogP contribution in [0.5, 0.6) is 5.75 Å². The van der Waals surface area contributed by atoms with Gasteiger partial charge < -0.3 is 5.11 Å². The molecule has 3 rings (SSSR count). The van der Waals surface area contributed by atoms with Crippen molar-refractivity contribution in [3.63, 3.8) is 0 Å². The fourth-order valence-electron chi connectivity index (χ4n) is 2.30. The lowest BCUT2D eigenvalue weighted by Crippen LogP contribution is -2.02. The molecular formula is C17H14O3S. The van der Waals surface area contributed by atoms with Crippen LogP contribution in [0.25, 0.3) is 10.8 Å². The lowest BCUT2D eigenvalue weighted by Gasteiger charge is -2.09. The van der Waals surface area contributed by atoms with Gasteiger partial charge in [-0.1, -0.05) is 48.0 Å². The Bertz CT molecular complexity index is 910. The Morgan fingerprint density at radius 1 is 0.857 bits per heavy atom. The second kappa shape index (κ2) is 4.90. The van der Waals surface area contributed by atoms with Gasteiger partial charge in [0.2, 0.25) is 9.84 Å². The first-order valence-electron chi connectivity index (χ1n) is 6.52. The van der Waals surface area contributed by atoms with E-state index >= 15 is 0 Å². The predicted molar refractivity (Wildman–Crippen MR) is 82.2 cm³/mol. The van der Waals surface area contributed by atoms with Crippen molar-refractivity contribution in [1.29, 1.82) is 0 Å². The lowest BCUT2D eigenvalue weighted by molar-refractivity contribution is 0.465. The van der Waals surface area contributed by atoms with Crippen LogP contribution in [0.3, 0.4) is 0 Å². The molecule has 3 aromatic carbocycles. The predicted octanol–water partition coefficient (Wildman–Crippen LogP) is 3.69. The molecule has 0 heterocycles. The van der Waals surface area contributed by atoms with Gasteiger partial charge in [0.05, 0.1) is 4.90 Å². The molecule has 1 N–H and O–H groups in total. The van der Waals surface area contributed by atoms with Crippen LogP contribution in [0.15, 0.2) is 70.5 Å². The van der Waals surface area contributed by atoms with Crippen LogP contribution in [0, 0.1) is 6.92 Å². The molecule has 0 spiro atoms. The summed E-state index contributed by atoms with van der Waals surface area (Å²) < 4.78 is 25.3. The first kappa shape index (κ1) is 13.6. The largest absolute Gasteiger partial charge is 0.506 e. The molecule has 0 saturated carbocycles. The highest BCUT2D eigenvalue weighted by Crippen LogP contribution is 2.34. The van der Waals surface area contributed by atoms with E-state index in [2.05, 4.69) is 0 Å². The van der Waals surface area contributed by atoms with E-state index in [9.17, 15) is 13.5 Å². The highest BCUT2D eigenvalue weighted by Gasteiger charge is 2.22. The molecule has 3 nitrogen and oxygen atoms in total. The maximum Gasteiger partial charge on any atom is 0.210 e. The molecule has 0 aliphatic heterocycles. The third-order valence-corrected chi connectivity index (χ3v) is 5.29. The van der Waals surface area contributed by atoms with E-state index in [1.807, 2.05) is 19.1 Å². The van der Waals surface area contributed by atoms with Gasteiger partial charge in [-0.2, -0.15) is 0 Å². The number of hydrogen-bond acceptors (Lipinski definition) is 3. The van der Waals surface area contributed by atoms with Gasteiger partial charge in [-0.15, -0.1) is 0 Å². The van der Waals surface area contributed by atoms with Gasteiger partial charge in [0.25, 0.3) is 0 Å². The SMILES string of the molecule is Cc1ccc(S(=O)(=O)c2ccc3ccccc3c2O)cc1. The van der Waals surface area contributed by atoms with Crippen molar-refractivity contribution < 1.29 is 13.5 Å². The zero-order valence-electron chi connectivity index (χ0n) is 11.4. The van der Waals surface area contributed by atoms with Crippen molar-refractivity contribution in [1.82, 2.24) is 0 Å². The Kier molecular flexibility index (Phi) is 3.18. The molecule has 21 heavy (non-hydrogen) atoms. The third-order valence-electron chi connectivity index (χ3n) is 3.48. The van der Waals surface area contributed by atoms with Crippen LogP contribution in [0.1, 0.15) is 5.56 Å². The Labute approximate surface area is 123 Å². The van der Waals surface area contributed by atoms with E-state index in [0.717, 1.165) is 10.9 Å². The summed E-state index contributed by atoms with van der Waals surface area (Å²) in [6.45, 7) is 1.89. The van der Waals surface area contributed by atoms with Crippen LogP contribution in [0.4, 0.5) is 0 Å². The first-order chi connectivity index (χ1) is 10.00. The topological polar surface area (TPSA) is 54.4 Å². The summed E-state index contributed by atoms with van der Waals surface area (Å²) in [4.78, 5) is 0.115. The van der Waals surface area contributed by atoms with Gasteiger partial charge in [0.1, 0.15) is 10.6 Å². The summed E-state index contributed by atoms with van der Waals surface area (Å²) in [5.74, 6) is -0.200. The fraction of sp³-hybridized carbons (Fsp3) is 0.0588. The van der Waals surface area contributed by atoms with E-state index in [1.54, 1.807) is 42.5 Å². The number of sulfone groups is 1. The molecule has 0 atom stereocenters. The second-order valence-corrected chi connectivity index (χ2v) is 6.87. The van der Waals surface area contributed by atoms with Gasteiger partial charge in [-0.05, 0) is 30.5 Å². The van der Waals surface area contributed by atoms with Crippen molar-refractivity contribution in [2.45, 2.75) is 16.7 Å². The monoisotopic (exact) mass is 298 g/mol. The summed E-state index contributed by atoms with van der Waals surface area (Å²) in [5, 5.41) is 11.7. The highest BCUT2D eigenvalue weighted by molar-refractivity contribution is 7.91. The van der Waals surface area contributed by atoms with E-state index in [0.29, 0.717) is 5.39 Å². The van der Waals surface area contributed by atoms with Crippen molar-refractivity contribution in [3.8, 4) is 5.75 Å². The zero-order chi connectivity index (χ0) is 15.0. The van der Waals surface area contributed by atoms with Crippen molar-refractivity contribution in [2.75, 3.05) is 0 Å². The van der Waals surface area contributed by atoms with E-state index in [4.69, 9.17) is 0 Å². The Morgan fingerprint density at radius 3 is 2.24 bits per heavy atom. The number of aromatic hydroxyl groups is 1. The molecule has 0 bridgehead atoms. The van der Waals surface area contributed by atoms with Crippen LogP contribution in [0.2, 0.25) is 0 Å². The second-order valence-electron chi connectivity index (χ2n) is 4.95. The first-order valence-corrected chi connectivity index (χ1v) is 8.01. The minimum absolute atomic E-state index is 0.0648. The van der Waals surface area contributed by atoms with Crippen molar-refractivity contribution >= 4 is 20.6 Å². The minimum atomic E-state index is -3.73. The lowest BCUT2D eigenvalue weighted by atomic mass is 10.1. The number of fused-ring (bicyclic) bond motifs is 1. The molecule has 0 saturated heterocycles. The van der Waals surface area contributed by atoms with Crippen LogP contribution >= 0.6 is 0 Å². The average molecular weight is 298 g/mol. The van der Waals surface area contributed by atoms with Gasteiger partial charge in [0.15, 0.2) is 0 Å². The summed E-state index contributed by atoms with van der Waals surface area (Å²) in [6.07, 6.45) is 0. The van der Waals surface area contributed by atoms with Crippen molar-refractivity contribution in [2.24, 2.45) is 0 Å². The number of benzene rings is 3. The van der Waals surface area contributed by atoms with Gasteiger partial charge in [0, 0.05) is 5.39 Å². The summed E-state index contributed by atoms with van der Waals surface area (Å²) in [7, 11) is -3.73. The molecule has 0 aliphatic carbocycles. The molecule has 3 aromatic rings. The maximum atomic E-state index is 12.6. The van der Waals surface area contributed by atoms with Crippen LogP contribution < -0.4 is 0 Å². The van der Waals surface area contributed by atoms with Crippen LogP contribution in [-0.2, 0) is 9.84 Å². The zero-order valence-corrected chi connectivity index (χ0v) is 12.3. The third kappa shape index (κ3) is 2.28. The van der Waals surface area contributed by atoms with E-state index in [1.165, 1.54) is 6.07 Å². The molecule has 0 aliphatic rings. The molecule has 0 radical (unpaired) electrons. The quantitative estimate of drug-likeness (QED) is 0.785. The number of aryl methyl sites for hydroxylation is 1. The summed E-state index contributed by atoms with van der Waals surface area (Å²) in [5.41, 5.74) is 0.983. The molecule has 106 valence electrons. The molecular weight excluding hydrogens is 284 g/mol. The molecule has 0 aromatic heterocycles. The standard InChI is InChI=1S/C17H14O3S/c1-12-6-9-14(10-7-12)21(19,20)16-11-8-13-4-2-3-5-15(13)17(16)18/h2-11,18H,1H3. The van der Waals surface area contributed by atoms with Crippen molar-refractivity contribution in [3.05, 3.63) is 66.2 Å². The Balaban J connectivity index is 2.24. The normalized spacial score (nSPS) is 11.7. The van der Waals surface area contributed by atoms with Gasteiger partial charge >= 0.3 is 0 Å². The molecule has 4 heteroatoms. The fourth-order valence-corrected chi connectivity index (χ4v) is 3.66. The number of phenols is 1. The Hall–Kier alpha value is -2.33. The summed E-state index contributed by atoms with van der Waals surface area (Å²) >= 11 is 0. The number of rotatable bonds is 2. The number of hydrogen-bond donors (Lipinski definition) is 1. The maximum absolute atomic E-state index is 12.6. The highest BCUT2D eigenvalue weighted by atomic mass is 32.2. The Morgan fingerprint density at radius 2 is 1.52 bits per heavy atom. The minimum Gasteiger partial charge on any atom is -0.506 e. The molecule has 0 unspecified atom stereocenters.